The summed E-state index contributed by atoms with van der Waals surface area (Å²) in [5, 5.41) is 1.81. The average Bonchev–Trinajstić information content (AvgIpc) is 2.09. The van der Waals surface area contributed by atoms with Gasteiger partial charge in [0.1, 0.15) is 10.3 Å². The van der Waals surface area contributed by atoms with Crippen molar-refractivity contribution in [2.45, 2.75) is 6.42 Å². The van der Waals surface area contributed by atoms with Gasteiger partial charge < -0.3 is 0 Å². The summed E-state index contributed by atoms with van der Waals surface area (Å²) in [6.45, 7) is 0. The van der Waals surface area contributed by atoms with E-state index in [1.54, 1.807) is 6.07 Å². The number of hydrogen-bond acceptors (Lipinski definition) is 1. The summed E-state index contributed by atoms with van der Waals surface area (Å²) >= 11 is 14.8. The highest BCUT2D eigenvalue weighted by Gasteiger charge is 1.97. The van der Waals surface area contributed by atoms with Crippen LogP contribution in [0.25, 0.3) is 6.08 Å². The van der Waals surface area contributed by atoms with Crippen LogP contribution < -0.4 is 0 Å². The summed E-state index contributed by atoms with van der Waals surface area (Å²) in [7, 11) is 0. The predicted octanol–water partition coefficient (Wildman–Crippen LogP) is 4.19. The molecule has 0 aliphatic rings. The van der Waals surface area contributed by atoms with Crippen molar-refractivity contribution in [3.8, 4) is 0 Å². The van der Waals surface area contributed by atoms with E-state index in [9.17, 15) is 0 Å². The number of nitrogens with zero attached hydrogens (tertiary/aromatic N) is 1. The Balaban J connectivity index is 2.77. The van der Waals surface area contributed by atoms with Crippen molar-refractivity contribution in [1.29, 1.82) is 0 Å². The molecule has 0 saturated carbocycles. The molecule has 0 aliphatic carbocycles. The molecule has 70 valence electrons. The van der Waals surface area contributed by atoms with Crippen LogP contribution in [0.1, 0.15) is 12.0 Å². The molecule has 0 fully saturated rings. The second-order valence-corrected chi connectivity index (χ2v) is 3.93. The third kappa shape index (κ3) is 3.67. The SMILES string of the molecule is Clc1ccc(C=CCCBr)c(Cl)n1. The number of halogens is 3. The lowest BCUT2D eigenvalue weighted by molar-refractivity contribution is 1.26. The van der Waals surface area contributed by atoms with E-state index in [-0.39, 0.29) is 0 Å². The van der Waals surface area contributed by atoms with E-state index in [0.717, 1.165) is 17.3 Å². The third-order valence-electron chi connectivity index (χ3n) is 1.42. The summed E-state index contributed by atoms with van der Waals surface area (Å²) in [5.74, 6) is 0. The van der Waals surface area contributed by atoms with Crippen LogP contribution in [-0.2, 0) is 0 Å². The number of allylic oxidation sites excluding steroid dienone is 1. The van der Waals surface area contributed by atoms with Crippen molar-refractivity contribution in [2.24, 2.45) is 0 Å². The molecule has 0 amide bonds. The maximum Gasteiger partial charge on any atom is 0.138 e. The van der Waals surface area contributed by atoms with Crippen LogP contribution in [-0.4, -0.2) is 10.3 Å². The molecule has 0 atom stereocenters. The fourth-order valence-corrected chi connectivity index (χ4v) is 1.49. The molecule has 0 aromatic carbocycles. The van der Waals surface area contributed by atoms with E-state index >= 15 is 0 Å². The van der Waals surface area contributed by atoms with Gasteiger partial charge in [-0.15, -0.1) is 0 Å². The average molecular weight is 281 g/mol. The number of pyridine rings is 1. The Morgan fingerprint density at radius 2 is 2.15 bits per heavy atom. The van der Waals surface area contributed by atoms with Gasteiger partial charge in [0.25, 0.3) is 0 Å². The van der Waals surface area contributed by atoms with Gasteiger partial charge >= 0.3 is 0 Å². The van der Waals surface area contributed by atoms with E-state index < -0.39 is 0 Å². The molecule has 1 aromatic heterocycles. The summed E-state index contributed by atoms with van der Waals surface area (Å²) in [4.78, 5) is 3.92. The lowest BCUT2D eigenvalue weighted by atomic mass is 10.2. The quantitative estimate of drug-likeness (QED) is 0.598. The highest BCUT2D eigenvalue weighted by molar-refractivity contribution is 9.09. The van der Waals surface area contributed by atoms with Crippen molar-refractivity contribution in [1.82, 2.24) is 4.98 Å². The lowest BCUT2D eigenvalue weighted by Crippen LogP contribution is -1.81. The van der Waals surface area contributed by atoms with Crippen LogP contribution in [0, 0.1) is 0 Å². The maximum atomic E-state index is 5.85. The van der Waals surface area contributed by atoms with Gasteiger partial charge in [0.15, 0.2) is 0 Å². The van der Waals surface area contributed by atoms with Gasteiger partial charge in [-0.05, 0) is 18.6 Å². The lowest BCUT2D eigenvalue weighted by Gasteiger charge is -1.96. The van der Waals surface area contributed by atoms with Gasteiger partial charge in [0.2, 0.25) is 0 Å². The first kappa shape index (κ1) is 11.0. The van der Waals surface area contributed by atoms with Crippen molar-refractivity contribution >= 4 is 45.2 Å². The monoisotopic (exact) mass is 279 g/mol. The molecular weight excluding hydrogens is 273 g/mol. The normalized spacial score (nSPS) is 11.0. The molecule has 1 heterocycles. The van der Waals surface area contributed by atoms with E-state index in [0.29, 0.717) is 10.3 Å². The Kier molecular flexibility index (Phi) is 4.78. The van der Waals surface area contributed by atoms with E-state index in [2.05, 4.69) is 20.9 Å². The van der Waals surface area contributed by atoms with Crippen molar-refractivity contribution in [2.75, 3.05) is 5.33 Å². The van der Waals surface area contributed by atoms with Crippen LogP contribution in [0.15, 0.2) is 18.2 Å². The van der Waals surface area contributed by atoms with Gasteiger partial charge in [0.05, 0.1) is 0 Å². The molecule has 0 unspecified atom stereocenters. The first-order valence-electron chi connectivity index (χ1n) is 3.78. The molecule has 0 radical (unpaired) electrons. The molecule has 0 saturated heterocycles. The molecule has 0 spiro atoms. The first-order valence-corrected chi connectivity index (χ1v) is 5.66. The minimum absolute atomic E-state index is 0.419. The number of rotatable bonds is 3. The second-order valence-electron chi connectivity index (χ2n) is 2.39. The van der Waals surface area contributed by atoms with Gasteiger partial charge in [-0.1, -0.05) is 51.3 Å². The molecule has 0 bridgehead atoms. The van der Waals surface area contributed by atoms with E-state index in [1.807, 2.05) is 18.2 Å². The molecule has 0 N–H and O–H groups in total. The largest absolute Gasteiger partial charge is 0.224 e. The molecule has 1 aromatic rings. The molecule has 4 heteroatoms. The summed E-state index contributed by atoms with van der Waals surface area (Å²) in [6, 6.07) is 3.57. The van der Waals surface area contributed by atoms with Crippen LogP contribution >= 0.6 is 39.1 Å². The van der Waals surface area contributed by atoms with Crippen LogP contribution in [0.5, 0.6) is 0 Å². The predicted molar refractivity (Wildman–Crippen MR) is 61.7 cm³/mol. The van der Waals surface area contributed by atoms with Gasteiger partial charge in [-0.2, -0.15) is 0 Å². The molecule has 1 rings (SSSR count). The summed E-state index contributed by atoms with van der Waals surface area (Å²) < 4.78 is 0. The van der Waals surface area contributed by atoms with Crippen LogP contribution in [0.3, 0.4) is 0 Å². The highest BCUT2D eigenvalue weighted by atomic mass is 79.9. The molecule has 0 aliphatic heterocycles. The molecule has 13 heavy (non-hydrogen) atoms. The smallest absolute Gasteiger partial charge is 0.138 e. The summed E-state index contributed by atoms with van der Waals surface area (Å²) in [6.07, 6.45) is 4.94. The Hall–Kier alpha value is -0.0500. The van der Waals surface area contributed by atoms with Crippen molar-refractivity contribution in [3.63, 3.8) is 0 Å². The van der Waals surface area contributed by atoms with Crippen molar-refractivity contribution in [3.05, 3.63) is 34.1 Å². The zero-order valence-electron chi connectivity index (χ0n) is 6.80. The first-order chi connectivity index (χ1) is 6.24. The number of hydrogen-bond donors (Lipinski definition) is 0. The topological polar surface area (TPSA) is 12.9 Å². The van der Waals surface area contributed by atoms with Crippen LogP contribution in [0.4, 0.5) is 0 Å². The van der Waals surface area contributed by atoms with E-state index in [4.69, 9.17) is 23.2 Å². The Morgan fingerprint density at radius 3 is 2.77 bits per heavy atom. The highest BCUT2D eigenvalue weighted by Crippen LogP contribution is 2.17. The standard InChI is InChI=1S/C9H8BrCl2N/c10-6-2-1-3-7-4-5-8(11)13-9(7)12/h1,3-5H,2,6H2. The minimum Gasteiger partial charge on any atom is -0.224 e. The fraction of sp³-hybridized carbons (Fsp3) is 0.222. The molecular formula is C9H8BrCl2N. The second kappa shape index (κ2) is 5.63. The maximum absolute atomic E-state index is 5.85. The zero-order valence-corrected chi connectivity index (χ0v) is 9.90. The van der Waals surface area contributed by atoms with Crippen LogP contribution in [0.2, 0.25) is 10.3 Å². The molecule has 1 nitrogen and oxygen atoms in total. The van der Waals surface area contributed by atoms with Gasteiger partial charge in [-0.25, -0.2) is 4.98 Å². The van der Waals surface area contributed by atoms with Crippen molar-refractivity contribution < 1.29 is 0 Å². The Labute approximate surface area is 95.9 Å². The third-order valence-corrected chi connectivity index (χ3v) is 2.39. The number of aromatic nitrogens is 1. The van der Waals surface area contributed by atoms with Gasteiger partial charge in [0, 0.05) is 10.9 Å². The minimum atomic E-state index is 0.419. The Bertz CT molecular complexity index is 312. The van der Waals surface area contributed by atoms with E-state index in [1.165, 1.54) is 0 Å². The fourth-order valence-electron chi connectivity index (χ4n) is 0.821. The summed E-state index contributed by atoms with van der Waals surface area (Å²) in [5.41, 5.74) is 0.895. The number of alkyl halides is 1. The Morgan fingerprint density at radius 1 is 1.38 bits per heavy atom. The van der Waals surface area contributed by atoms with Gasteiger partial charge in [-0.3, -0.25) is 0 Å². The zero-order chi connectivity index (χ0) is 9.68.